The largest absolute Gasteiger partial charge is 0.527 e. The van der Waals surface area contributed by atoms with Crippen LogP contribution in [0, 0.1) is 0 Å². The van der Waals surface area contributed by atoms with Crippen molar-refractivity contribution in [2.24, 2.45) is 0 Å². The van der Waals surface area contributed by atoms with E-state index in [1.807, 2.05) is 0 Å². The summed E-state index contributed by atoms with van der Waals surface area (Å²) in [6.45, 7) is -1.58. The van der Waals surface area contributed by atoms with Crippen molar-refractivity contribution in [3.63, 3.8) is 0 Å². The third-order valence-electron chi connectivity index (χ3n) is 0.606. The van der Waals surface area contributed by atoms with Gasteiger partial charge in [-0.1, -0.05) is 3.89 Å². The minimum atomic E-state index is -6.34. The van der Waals surface area contributed by atoms with Crippen molar-refractivity contribution >= 4 is 10.2 Å². The molecule has 0 heterocycles. The summed E-state index contributed by atoms with van der Waals surface area (Å²) in [5, 5.41) is 0. The molecule has 0 aromatic heterocycles. The summed E-state index contributed by atoms with van der Waals surface area (Å²) in [6.07, 6.45) is -2.65. The number of hydrogen-bond donors (Lipinski definition) is 0. The first-order valence-corrected chi connectivity index (χ1v) is 4.22. The molecule has 12 heteroatoms. The summed E-state index contributed by atoms with van der Waals surface area (Å²) < 4.78 is 107. The van der Waals surface area contributed by atoms with Gasteiger partial charge in [-0.05, 0) is 0 Å². The Morgan fingerprint density at radius 2 is 1.44 bits per heavy atom. The van der Waals surface area contributed by atoms with E-state index in [0.717, 1.165) is 0 Å². The Bertz CT molecular complexity index is 326. The van der Waals surface area contributed by atoms with Gasteiger partial charge in [-0.3, -0.25) is 0 Å². The normalized spacial score (nSPS) is 11.2. The molecular weight excluding hydrogens is 280 g/mol. The van der Waals surface area contributed by atoms with Crippen LogP contribution in [0.2, 0.25) is 0 Å². The fraction of sp³-hybridized carbons (Fsp3) is 0.500. The highest BCUT2D eigenvalue weighted by Crippen LogP contribution is 2.23. The van der Waals surface area contributed by atoms with Gasteiger partial charge >= 0.3 is 27.8 Å². The number of hydrogen-bond acceptors (Lipinski definition) is 3. The summed E-state index contributed by atoms with van der Waals surface area (Å²) in [7, 11) is -6.34. The van der Waals surface area contributed by atoms with E-state index in [0.29, 0.717) is 0 Å². The maximum Gasteiger partial charge on any atom is 0.527 e. The summed E-state index contributed by atoms with van der Waals surface area (Å²) in [5.74, 6) is 0. The molecule has 0 aliphatic rings. The van der Waals surface area contributed by atoms with E-state index in [9.17, 15) is 34.6 Å². The SMILES string of the molecule is FCOC(F)=C(F)F.O=S(=O)(F)C(F)(F)F. The van der Waals surface area contributed by atoms with Gasteiger partial charge in [0.25, 0.3) is 0 Å². The lowest BCUT2D eigenvalue weighted by atomic mass is 11.0. The van der Waals surface area contributed by atoms with Crippen LogP contribution < -0.4 is 0 Å². The van der Waals surface area contributed by atoms with E-state index in [1.54, 1.807) is 0 Å². The van der Waals surface area contributed by atoms with Crippen molar-refractivity contribution < 1.29 is 47.8 Å². The molecule has 0 rings (SSSR count). The van der Waals surface area contributed by atoms with Crippen LogP contribution in [-0.4, -0.2) is 20.8 Å². The van der Waals surface area contributed by atoms with Crippen molar-refractivity contribution in [2.45, 2.75) is 5.51 Å². The molecular formula is C4H2F8O3S. The molecule has 0 amide bonds. The average Bonchev–Trinajstić information content (AvgIpc) is 2.01. The molecule has 98 valence electrons. The highest BCUT2D eigenvalue weighted by molar-refractivity contribution is 7.87. The van der Waals surface area contributed by atoms with Crippen LogP contribution in [0.25, 0.3) is 0 Å². The van der Waals surface area contributed by atoms with E-state index in [-0.39, 0.29) is 0 Å². The first kappa shape index (κ1) is 17.3. The van der Waals surface area contributed by atoms with Gasteiger partial charge in [-0.2, -0.15) is 34.8 Å². The second-order valence-corrected chi connectivity index (χ2v) is 3.01. The van der Waals surface area contributed by atoms with Gasteiger partial charge in [0.15, 0.2) is 0 Å². The summed E-state index contributed by atoms with van der Waals surface area (Å²) in [5.41, 5.74) is -5.76. The lowest BCUT2D eigenvalue weighted by molar-refractivity contribution is -0.0478. The standard InChI is InChI=1S/C3H2F4O.CF4O2S/c4-1-8-3(7)2(5)6;2-1(3,4)8(5,6)7/h1H2;. The van der Waals surface area contributed by atoms with Crippen LogP contribution in [-0.2, 0) is 15.0 Å². The molecule has 16 heavy (non-hydrogen) atoms. The maximum atomic E-state index is 11.2. The van der Waals surface area contributed by atoms with Crippen LogP contribution >= 0.6 is 0 Å². The zero-order chi connectivity index (χ0) is 13.6. The van der Waals surface area contributed by atoms with Gasteiger partial charge in [-0.25, -0.2) is 4.39 Å². The minimum absolute atomic E-state index is 1.58. The highest BCUT2D eigenvalue weighted by Gasteiger charge is 2.46. The predicted molar refractivity (Wildman–Crippen MR) is 33.5 cm³/mol. The molecule has 0 atom stereocenters. The van der Waals surface area contributed by atoms with Gasteiger partial charge in [0, 0.05) is 0 Å². The Kier molecular flexibility index (Phi) is 7.04. The fourth-order valence-corrected chi connectivity index (χ4v) is 0.102. The monoisotopic (exact) mass is 282 g/mol. The van der Waals surface area contributed by atoms with Gasteiger partial charge in [0.1, 0.15) is 0 Å². The number of rotatable bonds is 2. The van der Waals surface area contributed by atoms with Crippen LogP contribution in [0.3, 0.4) is 0 Å². The molecule has 0 radical (unpaired) electrons. The molecule has 0 saturated carbocycles. The molecule has 0 unspecified atom stereocenters. The summed E-state index contributed by atoms with van der Waals surface area (Å²) in [4.78, 5) is 0. The topological polar surface area (TPSA) is 43.4 Å². The van der Waals surface area contributed by atoms with Crippen molar-refractivity contribution in [1.29, 1.82) is 0 Å². The molecule has 0 aliphatic carbocycles. The molecule has 0 aromatic carbocycles. The van der Waals surface area contributed by atoms with Gasteiger partial charge in [-0.15, -0.1) is 0 Å². The zero-order valence-electron chi connectivity index (χ0n) is 6.86. The zero-order valence-corrected chi connectivity index (χ0v) is 7.68. The summed E-state index contributed by atoms with van der Waals surface area (Å²) in [6, 6.07) is -2.16. The van der Waals surface area contributed by atoms with Crippen LogP contribution in [0.15, 0.2) is 12.1 Å². The van der Waals surface area contributed by atoms with E-state index in [2.05, 4.69) is 4.74 Å². The molecule has 0 N–H and O–H groups in total. The van der Waals surface area contributed by atoms with E-state index in [4.69, 9.17) is 8.42 Å². The first-order valence-electron chi connectivity index (χ1n) is 2.84. The van der Waals surface area contributed by atoms with E-state index < -0.39 is 34.7 Å². The van der Waals surface area contributed by atoms with Crippen molar-refractivity contribution in [2.75, 3.05) is 6.86 Å². The Hall–Kier alpha value is -1.07. The van der Waals surface area contributed by atoms with Crippen LogP contribution in [0.5, 0.6) is 0 Å². The minimum Gasteiger partial charge on any atom is -0.435 e. The molecule has 0 spiro atoms. The van der Waals surface area contributed by atoms with Gasteiger partial charge in [0.2, 0.25) is 6.86 Å². The predicted octanol–water partition coefficient (Wildman–Crippen LogP) is 2.77. The molecule has 0 aliphatic heterocycles. The molecule has 3 nitrogen and oxygen atoms in total. The second-order valence-electron chi connectivity index (χ2n) is 1.67. The Morgan fingerprint density at radius 1 is 1.12 bits per heavy atom. The molecule has 0 saturated heterocycles. The third kappa shape index (κ3) is 8.26. The van der Waals surface area contributed by atoms with Crippen LogP contribution in [0.4, 0.5) is 34.6 Å². The Morgan fingerprint density at radius 3 is 1.50 bits per heavy atom. The first-order chi connectivity index (χ1) is 6.93. The smallest absolute Gasteiger partial charge is 0.435 e. The van der Waals surface area contributed by atoms with Crippen molar-refractivity contribution in [3.05, 3.63) is 12.1 Å². The quantitative estimate of drug-likeness (QED) is 0.444. The highest BCUT2D eigenvalue weighted by atomic mass is 32.3. The molecule has 0 aromatic rings. The third-order valence-corrected chi connectivity index (χ3v) is 1.16. The maximum absolute atomic E-state index is 11.2. The average molecular weight is 282 g/mol. The van der Waals surface area contributed by atoms with Gasteiger partial charge < -0.3 is 4.74 Å². The lowest BCUT2D eigenvalue weighted by Gasteiger charge is -1.95. The number of halogens is 8. The van der Waals surface area contributed by atoms with Crippen LogP contribution in [0.1, 0.15) is 0 Å². The second kappa shape index (κ2) is 6.50. The van der Waals surface area contributed by atoms with E-state index in [1.165, 1.54) is 0 Å². The summed E-state index contributed by atoms with van der Waals surface area (Å²) >= 11 is 0. The Balaban J connectivity index is 0. The fourth-order valence-electron chi connectivity index (χ4n) is 0.102. The lowest BCUT2D eigenvalue weighted by Crippen LogP contribution is -2.17. The number of ether oxygens (including phenoxy) is 1. The molecule has 0 bridgehead atoms. The van der Waals surface area contributed by atoms with Crippen molar-refractivity contribution in [3.8, 4) is 0 Å². The van der Waals surface area contributed by atoms with E-state index >= 15 is 0 Å². The van der Waals surface area contributed by atoms with Gasteiger partial charge in [0.05, 0.1) is 0 Å². The molecule has 0 fully saturated rings. The number of alkyl halides is 4. The van der Waals surface area contributed by atoms with Crippen molar-refractivity contribution in [1.82, 2.24) is 0 Å². The Labute approximate surface area is 83.5 Å².